The Bertz CT molecular complexity index is 254. The summed E-state index contributed by atoms with van der Waals surface area (Å²) in [5.41, 5.74) is 0. The number of hydrogen-bond donors (Lipinski definition) is 1. The summed E-state index contributed by atoms with van der Waals surface area (Å²) < 4.78 is 5.38. The molecule has 14 heavy (non-hydrogen) atoms. The third-order valence-corrected chi connectivity index (χ3v) is 2.12. The molecule has 1 unspecified atom stereocenters. The van der Waals surface area contributed by atoms with Gasteiger partial charge >= 0.3 is 0 Å². The van der Waals surface area contributed by atoms with Crippen LogP contribution in [0.2, 0.25) is 0 Å². The predicted octanol–water partition coefficient (Wildman–Crippen LogP) is 1.66. The molecular weight excluding hydrogens is 176 g/mol. The number of furan rings is 1. The molecule has 3 heteroatoms. The van der Waals surface area contributed by atoms with E-state index in [4.69, 9.17) is 4.42 Å². The minimum absolute atomic E-state index is 0.282. The quantitative estimate of drug-likeness (QED) is 0.551. The zero-order valence-corrected chi connectivity index (χ0v) is 8.86. The van der Waals surface area contributed by atoms with Gasteiger partial charge in [-0.05, 0) is 26.2 Å². The zero-order valence-electron chi connectivity index (χ0n) is 8.86. The van der Waals surface area contributed by atoms with Crippen molar-refractivity contribution in [3.8, 4) is 0 Å². The van der Waals surface area contributed by atoms with Gasteiger partial charge in [0.25, 0.3) is 0 Å². The van der Waals surface area contributed by atoms with Crippen LogP contribution in [0.15, 0.2) is 35.5 Å². The van der Waals surface area contributed by atoms with Crippen LogP contribution in [-0.4, -0.2) is 32.1 Å². The van der Waals surface area contributed by atoms with Crippen molar-refractivity contribution in [1.82, 2.24) is 10.2 Å². The molecule has 0 amide bonds. The molecule has 1 N–H and O–H groups in total. The molecule has 1 heterocycles. The summed E-state index contributed by atoms with van der Waals surface area (Å²) in [4.78, 5) is 2.13. The van der Waals surface area contributed by atoms with Crippen molar-refractivity contribution < 1.29 is 4.42 Å². The lowest BCUT2D eigenvalue weighted by Crippen LogP contribution is -2.30. The molecule has 1 aromatic rings. The van der Waals surface area contributed by atoms with Crippen LogP contribution in [0.1, 0.15) is 11.8 Å². The van der Waals surface area contributed by atoms with Crippen LogP contribution < -0.4 is 5.32 Å². The Morgan fingerprint density at radius 2 is 2.43 bits per heavy atom. The fourth-order valence-electron chi connectivity index (χ4n) is 1.34. The normalized spacial score (nSPS) is 13.1. The van der Waals surface area contributed by atoms with Gasteiger partial charge in [0.1, 0.15) is 5.76 Å². The molecule has 1 rings (SSSR count). The van der Waals surface area contributed by atoms with Gasteiger partial charge in [0.2, 0.25) is 0 Å². The van der Waals surface area contributed by atoms with E-state index in [0.717, 1.165) is 18.8 Å². The SMILES string of the molecule is C=CCNCC(c1ccco1)N(C)C. The van der Waals surface area contributed by atoms with Gasteiger partial charge in [-0.1, -0.05) is 6.08 Å². The second-order valence-corrected chi connectivity index (χ2v) is 3.44. The van der Waals surface area contributed by atoms with E-state index in [1.54, 1.807) is 6.26 Å². The summed E-state index contributed by atoms with van der Waals surface area (Å²) >= 11 is 0. The van der Waals surface area contributed by atoms with Gasteiger partial charge in [0.05, 0.1) is 12.3 Å². The van der Waals surface area contributed by atoms with Crippen molar-refractivity contribution >= 4 is 0 Å². The van der Waals surface area contributed by atoms with Gasteiger partial charge in [-0.2, -0.15) is 0 Å². The van der Waals surface area contributed by atoms with Crippen LogP contribution >= 0.6 is 0 Å². The lowest BCUT2D eigenvalue weighted by Gasteiger charge is -2.22. The second-order valence-electron chi connectivity index (χ2n) is 3.44. The number of nitrogens with zero attached hydrogens (tertiary/aromatic N) is 1. The number of nitrogens with one attached hydrogen (secondary N) is 1. The van der Waals surface area contributed by atoms with E-state index in [1.807, 2.05) is 32.3 Å². The number of rotatable bonds is 6. The Kier molecular flexibility index (Phi) is 4.43. The molecular formula is C11H18N2O. The average molecular weight is 194 g/mol. The van der Waals surface area contributed by atoms with Crippen molar-refractivity contribution in [1.29, 1.82) is 0 Å². The van der Waals surface area contributed by atoms with E-state index in [-0.39, 0.29) is 6.04 Å². The molecule has 1 atom stereocenters. The zero-order chi connectivity index (χ0) is 10.4. The topological polar surface area (TPSA) is 28.4 Å². The van der Waals surface area contributed by atoms with Crippen molar-refractivity contribution in [2.24, 2.45) is 0 Å². The molecule has 0 saturated heterocycles. The molecule has 0 saturated carbocycles. The Hall–Kier alpha value is -1.06. The summed E-state index contributed by atoms with van der Waals surface area (Å²) in [6.45, 7) is 5.36. The minimum atomic E-state index is 0.282. The monoisotopic (exact) mass is 194 g/mol. The van der Waals surface area contributed by atoms with E-state index < -0.39 is 0 Å². The number of likely N-dealkylation sites (N-methyl/N-ethyl adjacent to an activating group) is 1. The first-order valence-corrected chi connectivity index (χ1v) is 4.77. The van der Waals surface area contributed by atoms with Crippen molar-refractivity contribution in [3.05, 3.63) is 36.8 Å². The van der Waals surface area contributed by atoms with Gasteiger partial charge in [-0.25, -0.2) is 0 Å². The highest BCUT2D eigenvalue weighted by atomic mass is 16.3. The first kappa shape index (κ1) is 11.0. The molecule has 0 aliphatic rings. The molecule has 0 spiro atoms. The second kappa shape index (κ2) is 5.62. The molecule has 3 nitrogen and oxygen atoms in total. The molecule has 0 aromatic carbocycles. The maximum absolute atomic E-state index is 5.38. The minimum Gasteiger partial charge on any atom is -0.468 e. The Morgan fingerprint density at radius 1 is 1.64 bits per heavy atom. The molecule has 0 radical (unpaired) electrons. The summed E-state index contributed by atoms with van der Waals surface area (Å²) in [6.07, 6.45) is 3.56. The summed E-state index contributed by atoms with van der Waals surface area (Å²) in [6, 6.07) is 4.20. The summed E-state index contributed by atoms with van der Waals surface area (Å²) in [7, 11) is 4.09. The first-order chi connectivity index (χ1) is 6.75. The smallest absolute Gasteiger partial charge is 0.122 e. The van der Waals surface area contributed by atoms with Gasteiger partial charge in [-0.15, -0.1) is 6.58 Å². The lowest BCUT2D eigenvalue weighted by atomic mass is 10.2. The Balaban J connectivity index is 2.52. The standard InChI is InChI=1S/C11H18N2O/c1-4-7-12-9-10(13(2)3)11-6-5-8-14-11/h4-6,8,10,12H,1,7,9H2,2-3H3. The Labute approximate surface area is 85.4 Å². The van der Waals surface area contributed by atoms with E-state index in [0.29, 0.717) is 0 Å². The molecule has 78 valence electrons. The van der Waals surface area contributed by atoms with Crippen molar-refractivity contribution in [3.63, 3.8) is 0 Å². The average Bonchev–Trinajstić information content (AvgIpc) is 2.64. The summed E-state index contributed by atoms with van der Waals surface area (Å²) in [5.74, 6) is 0.992. The van der Waals surface area contributed by atoms with Gasteiger partial charge in [0, 0.05) is 13.1 Å². The van der Waals surface area contributed by atoms with Crippen LogP contribution in [-0.2, 0) is 0 Å². The maximum atomic E-state index is 5.38. The maximum Gasteiger partial charge on any atom is 0.122 e. The van der Waals surface area contributed by atoms with E-state index >= 15 is 0 Å². The molecule has 0 fully saturated rings. The fraction of sp³-hybridized carbons (Fsp3) is 0.455. The van der Waals surface area contributed by atoms with Crippen LogP contribution in [0, 0.1) is 0 Å². The van der Waals surface area contributed by atoms with Crippen LogP contribution in [0.25, 0.3) is 0 Å². The van der Waals surface area contributed by atoms with E-state index in [2.05, 4.69) is 16.8 Å². The highest BCUT2D eigenvalue weighted by Crippen LogP contribution is 2.17. The van der Waals surface area contributed by atoms with Gasteiger partial charge < -0.3 is 9.73 Å². The summed E-state index contributed by atoms with van der Waals surface area (Å²) in [5, 5.41) is 3.29. The fourth-order valence-corrected chi connectivity index (χ4v) is 1.34. The van der Waals surface area contributed by atoms with Crippen LogP contribution in [0.3, 0.4) is 0 Å². The van der Waals surface area contributed by atoms with E-state index in [1.165, 1.54) is 0 Å². The third-order valence-electron chi connectivity index (χ3n) is 2.12. The number of hydrogen-bond acceptors (Lipinski definition) is 3. The van der Waals surface area contributed by atoms with Crippen LogP contribution in [0.5, 0.6) is 0 Å². The molecule has 0 aliphatic heterocycles. The van der Waals surface area contributed by atoms with E-state index in [9.17, 15) is 0 Å². The third kappa shape index (κ3) is 3.01. The first-order valence-electron chi connectivity index (χ1n) is 4.77. The lowest BCUT2D eigenvalue weighted by molar-refractivity contribution is 0.252. The highest BCUT2D eigenvalue weighted by Gasteiger charge is 2.15. The van der Waals surface area contributed by atoms with Crippen molar-refractivity contribution in [2.75, 3.05) is 27.2 Å². The molecule has 0 bridgehead atoms. The molecule has 0 aliphatic carbocycles. The van der Waals surface area contributed by atoms with Gasteiger partial charge in [0.15, 0.2) is 0 Å². The predicted molar refractivity (Wildman–Crippen MR) is 58.2 cm³/mol. The molecule has 1 aromatic heterocycles. The van der Waals surface area contributed by atoms with Gasteiger partial charge in [-0.3, -0.25) is 4.90 Å². The van der Waals surface area contributed by atoms with Crippen LogP contribution in [0.4, 0.5) is 0 Å². The largest absolute Gasteiger partial charge is 0.468 e. The van der Waals surface area contributed by atoms with Crippen molar-refractivity contribution in [2.45, 2.75) is 6.04 Å². The highest BCUT2D eigenvalue weighted by molar-refractivity contribution is 5.05. The Morgan fingerprint density at radius 3 is 2.93 bits per heavy atom.